The van der Waals surface area contributed by atoms with Gasteiger partial charge in [-0.05, 0) is 217 Å². The molecule has 0 aliphatic rings. The summed E-state index contributed by atoms with van der Waals surface area (Å²) in [5.74, 6) is 0.965. The minimum absolute atomic E-state index is 0.0137. The molecule has 664 valence electrons. The molecule has 0 saturated carbocycles. The molecule has 0 atom stereocenters. The third-order valence-electron chi connectivity index (χ3n) is 18.8. The van der Waals surface area contributed by atoms with Crippen molar-refractivity contribution >= 4 is 74.3 Å². The Labute approximate surface area is 741 Å². The van der Waals surface area contributed by atoms with Crippen LogP contribution in [-0.4, -0.2) is 173 Å². The molecule has 16 rings (SSSR count). The third kappa shape index (κ3) is 25.5. The van der Waals surface area contributed by atoms with Crippen LogP contribution in [0.2, 0.25) is 5.02 Å². The lowest BCUT2D eigenvalue weighted by atomic mass is 10.1. The van der Waals surface area contributed by atoms with Gasteiger partial charge in [0.25, 0.3) is 0 Å². The van der Waals surface area contributed by atoms with E-state index in [0.29, 0.717) is 137 Å². The van der Waals surface area contributed by atoms with Gasteiger partial charge in [-0.15, -0.1) is 0 Å². The van der Waals surface area contributed by atoms with E-state index in [1.54, 1.807) is 156 Å². The summed E-state index contributed by atoms with van der Waals surface area (Å²) >= 11 is 5.94. The molecule has 4 N–H and O–H groups in total. The van der Waals surface area contributed by atoms with Gasteiger partial charge in [-0.25, -0.2) is 99.3 Å². The lowest BCUT2D eigenvalue weighted by molar-refractivity contribution is 0.146. The van der Waals surface area contributed by atoms with Crippen LogP contribution >= 0.6 is 11.6 Å². The molecule has 0 radical (unpaired) electrons. The largest absolute Gasteiger partial charge is 0.491 e. The molecule has 0 unspecified atom stereocenters. The van der Waals surface area contributed by atoms with Crippen molar-refractivity contribution in [1.29, 1.82) is 0 Å². The first-order valence-corrected chi connectivity index (χ1v) is 45.7. The van der Waals surface area contributed by atoms with Crippen LogP contribution in [0, 0.1) is 18.6 Å². The second-order valence-electron chi connectivity index (χ2n) is 28.1. The third-order valence-corrected chi connectivity index (χ3v) is 24.7. The monoisotopic (exact) mass is 1840 g/mol. The maximum absolute atomic E-state index is 14.0. The van der Waals surface area contributed by atoms with E-state index in [2.05, 4.69) is 59.2 Å². The van der Waals surface area contributed by atoms with Gasteiger partial charge in [-0.3, -0.25) is 0 Å². The average Bonchev–Trinajstić information content (AvgIpc) is 1.65. The second-order valence-corrected chi connectivity index (χ2v) is 35.6. The van der Waals surface area contributed by atoms with Crippen LogP contribution in [0.25, 0.3) is 67.6 Å². The van der Waals surface area contributed by atoms with E-state index < -0.39 is 56.6 Å². The van der Waals surface area contributed by atoms with E-state index in [4.69, 9.17) is 49.5 Å². The van der Waals surface area contributed by atoms with E-state index >= 15 is 0 Å². The molecule has 0 aliphatic heterocycles. The smallest absolute Gasteiger partial charge is 0.243 e. The van der Waals surface area contributed by atoms with Crippen LogP contribution < -0.4 is 37.8 Å². The van der Waals surface area contributed by atoms with Crippen molar-refractivity contribution in [3.63, 3.8) is 0 Å². The fourth-order valence-corrected chi connectivity index (χ4v) is 16.9. The molecular formula is C89H87ClF2N16O16S4. The summed E-state index contributed by atoms with van der Waals surface area (Å²) in [7, 11) is -8.88. The van der Waals surface area contributed by atoms with Crippen LogP contribution in [0.1, 0.15) is 27.8 Å². The summed E-state index contributed by atoms with van der Waals surface area (Å²) in [5.41, 5.74) is 12.3. The number of ether oxygens (including phenoxy) is 8. The van der Waals surface area contributed by atoms with Crippen molar-refractivity contribution in [3.8, 4) is 68.0 Å². The number of methoxy groups -OCH3 is 4. The van der Waals surface area contributed by atoms with Crippen LogP contribution in [0.15, 0.2) is 288 Å². The Hall–Kier alpha value is -12.9. The highest BCUT2D eigenvalue weighted by atomic mass is 35.5. The molecule has 0 saturated heterocycles. The Kier molecular flexibility index (Phi) is 31.5. The maximum atomic E-state index is 14.0. The number of halogens is 3. The van der Waals surface area contributed by atoms with Gasteiger partial charge in [0.1, 0.15) is 66.0 Å². The van der Waals surface area contributed by atoms with Gasteiger partial charge in [0.15, 0.2) is 22.6 Å². The first-order valence-electron chi connectivity index (χ1n) is 39.4. The Morgan fingerprint density at radius 1 is 0.328 bits per heavy atom. The molecule has 0 spiro atoms. The molecule has 0 amide bonds. The predicted octanol–water partition coefficient (Wildman–Crippen LogP) is 12.8. The topological polar surface area (TPSA) is 379 Å². The number of imidazole rings is 4. The fourth-order valence-electron chi connectivity index (χ4n) is 12.5. The van der Waals surface area contributed by atoms with Crippen molar-refractivity contribution in [3.05, 3.63) is 312 Å². The molecule has 128 heavy (non-hydrogen) atoms. The summed E-state index contributed by atoms with van der Waals surface area (Å²) in [6.45, 7) is 5.13. The lowest BCUT2D eigenvalue weighted by Crippen LogP contribution is -2.24. The standard InChI is InChI=1S/C23H24N4O4S.C22H21ClN4O4S.2C22H21FN4O4S/c1-17-5-7-21(8-6-17)32(28,29)25-15-18-12-19(14-20(13-18)31-11-10-30-2)22-16-27-23(26-22)4-3-9-24-27;1-30-8-9-31-19-11-16(14-25-32(28,29)20-5-2-4-18(23)13-20)10-17(12-19)21-15-27-22(26-21)6-3-7-24-27;1-30-9-10-31-19-12-16(14-25-32(28,29)20-6-4-18(23)5-7-20)11-17(13-19)21-15-27-22(26-21)3-2-8-24-27;1-30-9-10-31-18-12-16(14-25-32(28,29)21-6-3-2-5-19(21)23)11-17(13-18)20-15-27-22(26-20)7-4-8-24-27/h3-9,12-14,16,25H,10-11,15H2,1-2H3;2-7,10-13,15,25H,8-9,14H2,1H3;2*2-8,11-13,15,25H,9-10,14H2,1H3. The molecule has 8 heterocycles. The van der Waals surface area contributed by atoms with Crippen LogP contribution in [-0.2, 0) is 85.2 Å². The van der Waals surface area contributed by atoms with Gasteiger partial charge >= 0.3 is 0 Å². The zero-order valence-electron chi connectivity index (χ0n) is 69.6. The van der Waals surface area contributed by atoms with Crippen molar-refractivity contribution < 1.29 is 80.3 Å². The zero-order chi connectivity index (χ0) is 90.2. The number of nitrogens with one attached hydrogen (secondary N) is 4. The predicted molar refractivity (Wildman–Crippen MR) is 475 cm³/mol. The van der Waals surface area contributed by atoms with Crippen molar-refractivity contribution in [2.24, 2.45) is 0 Å². The number of aromatic nitrogens is 12. The number of nitrogens with zero attached hydrogens (tertiary/aromatic N) is 12. The van der Waals surface area contributed by atoms with E-state index in [1.165, 1.54) is 42.5 Å². The summed E-state index contributed by atoms with van der Waals surface area (Å²) in [6, 6.07) is 59.2. The molecule has 8 aromatic heterocycles. The van der Waals surface area contributed by atoms with Gasteiger partial charge in [-0.1, -0.05) is 47.5 Å². The van der Waals surface area contributed by atoms with Gasteiger partial charge < -0.3 is 37.9 Å². The second kappa shape index (κ2) is 43.5. The Morgan fingerprint density at radius 3 is 0.953 bits per heavy atom. The van der Waals surface area contributed by atoms with Crippen molar-refractivity contribution in [1.82, 2.24) is 77.3 Å². The van der Waals surface area contributed by atoms with Crippen LogP contribution in [0.3, 0.4) is 0 Å². The maximum Gasteiger partial charge on any atom is 0.243 e. The minimum atomic E-state index is -4.04. The van der Waals surface area contributed by atoms with E-state index in [-0.39, 0.29) is 40.9 Å². The number of hydrogen-bond acceptors (Lipinski definition) is 24. The van der Waals surface area contributed by atoms with Crippen LogP contribution in [0.4, 0.5) is 8.78 Å². The molecule has 0 bridgehead atoms. The number of fused-ring (bicyclic) bond motifs is 4. The molecule has 39 heteroatoms. The average molecular weight is 1840 g/mol. The summed E-state index contributed by atoms with van der Waals surface area (Å²) in [5, 5.41) is 17.3. The van der Waals surface area contributed by atoms with Crippen LogP contribution in [0.5, 0.6) is 23.0 Å². The van der Waals surface area contributed by atoms with Crippen molar-refractivity contribution in [2.75, 3.05) is 81.3 Å². The Morgan fingerprint density at radius 2 is 0.641 bits per heavy atom. The van der Waals surface area contributed by atoms with E-state index in [0.717, 1.165) is 57.2 Å². The Balaban J connectivity index is 0.000000146. The first-order chi connectivity index (χ1) is 61.8. The minimum Gasteiger partial charge on any atom is -0.491 e. The van der Waals surface area contributed by atoms with E-state index in [1.807, 2.05) is 104 Å². The highest BCUT2D eigenvalue weighted by molar-refractivity contribution is 7.90. The number of sulfonamides is 4. The van der Waals surface area contributed by atoms with Gasteiger partial charge in [0.2, 0.25) is 40.1 Å². The first kappa shape index (κ1) is 92.7. The molecule has 16 aromatic rings. The quantitative estimate of drug-likeness (QED) is 0.0265. The zero-order valence-corrected chi connectivity index (χ0v) is 73.6. The summed E-state index contributed by atoms with van der Waals surface area (Å²) in [4.78, 5) is 18.2. The van der Waals surface area contributed by atoms with Gasteiger partial charge in [-0.2, -0.15) is 20.4 Å². The summed E-state index contributed by atoms with van der Waals surface area (Å²) in [6.07, 6.45) is 13.9. The van der Waals surface area contributed by atoms with Gasteiger partial charge in [0, 0.05) is 107 Å². The molecule has 32 nitrogen and oxygen atoms in total. The number of rotatable bonds is 36. The SMILES string of the molecule is COCCOc1cc(CNS(=O)(=O)c2ccc(C)cc2)cc(-c2cn3ncccc3n2)c1.COCCOc1cc(CNS(=O)(=O)c2ccc(F)cc2)cc(-c2cn3ncccc3n2)c1.COCCOc1cc(CNS(=O)(=O)c2cccc(Cl)c2)cc(-c2cn3ncccc3n2)c1.COCCOc1cc(CNS(=O)(=O)c2ccccc2F)cc(-c2cn3ncccc3n2)c1. The Bertz CT molecular complexity index is 6640. The highest BCUT2D eigenvalue weighted by Gasteiger charge is 2.23. The van der Waals surface area contributed by atoms with E-state index in [9.17, 15) is 42.5 Å². The molecule has 8 aromatic carbocycles. The molecule has 0 aliphatic carbocycles. The highest BCUT2D eigenvalue weighted by Crippen LogP contribution is 2.32. The van der Waals surface area contributed by atoms with Gasteiger partial charge in [0.05, 0.1) is 88.7 Å². The molecular weight excluding hydrogens is 1750 g/mol. The fraction of sp³-hybridized carbons (Fsp3) is 0.191. The summed E-state index contributed by atoms with van der Waals surface area (Å²) < 4.78 is 188. The number of benzene rings is 8. The normalized spacial score (nSPS) is 11.7. The number of hydrogen-bond donors (Lipinski definition) is 4. The number of aryl methyl sites for hydroxylation is 1. The van der Waals surface area contributed by atoms with Crippen molar-refractivity contribution in [2.45, 2.75) is 52.7 Å². The lowest BCUT2D eigenvalue weighted by Gasteiger charge is -2.12. The molecule has 0 fully saturated rings.